The van der Waals surface area contributed by atoms with E-state index in [0.29, 0.717) is 5.69 Å². The Morgan fingerprint density at radius 3 is 1.52 bits per heavy atom. The van der Waals surface area contributed by atoms with Crippen LogP contribution >= 0.6 is 0 Å². The summed E-state index contributed by atoms with van der Waals surface area (Å²) < 4.78 is 9.68. The summed E-state index contributed by atoms with van der Waals surface area (Å²) in [7, 11) is 0. The van der Waals surface area contributed by atoms with Crippen LogP contribution in [0.1, 0.15) is 10.5 Å². The van der Waals surface area contributed by atoms with Gasteiger partial charge in [-0.25, -0.2) is 0 Å². The number of benzene rings is 3. The minimum absolute atomic E-state index is 0.360. The van der Waals surface area contributed by atoms with Crippen molar-refractivity contribution in [1.29, 1.82) is 0 Å². The van der Waals surface area contributed by atoms with Crippen LogP contribution in [0.5, 0.6) is 0 Å². The number of hydrogen-bond acceptors (Lipinski definition) is 3. The number of H-pyrrole nitrogens is 1. The van der Waals surface area contributed by atoms with Crippen molar-refractivity contribution in [3.05, 3.63) is 109 Å². The second-order valence-electron chi connectivity index (χ2n) is 6.14. The van der Waals surface area contributed by atoms with Gasteiger partial charge in [0.2, 0.25) is 0 Å². The van der Waals surface area contributed by atoms with E-state index < -0.39 is 18.8 Å². The molecule has 0 fully saturated rings. The molecular weight excluding hydrogens is 443 g/mol. The van der Waals surface area contributed by atoms with Crippen molar-refractivity contribution < 1.29 is 7.87 Å². The van der Waals surface area contributed by atoms with Gasteiger partial charge in [0.25, 0.3) is 0 Å². The summed E-state index contributed by atoms with van der Waals surface area (Å²) in [5.74, 6) is -0.375. The van der Waals surface area contributed by atoms with Crippen LogP contribution in [-0.4, -0.2) is 35.0 Å². The zero-order valence-electron chi connectivity index (χ0n) is 14.6. The van der Waals surface area contributed by atoms with Crippen LogP contribution in [0.3, 0.4) is 0 Å². The summed E-state index contributed by atoms with van der Waals surface area (Å²) in [5, 5.41) is 6.61. The second kappa shape index (κ2) is 7.80. The van der Waals surface area contributed by atoms with Crippen LogP contribution in [-0.2, 0) is 3.07 Å². The van der Waals surface area contributed by atoms with Crippen molar-refractivity contribution in [1.82, 2.24) is 10.2 Å². The van der Waals surface area contributed by atoms with E-state index >= 15 is 0 Å². The number of carbonyl (C=O) groups is 1. The molecule has 5 heteroatoms. The molecule has 1 N–H and O–H groups in total. The Morgan fingerprint density at radius 1 is 0.704 bits per heavy atom. The van der Waals surface area contributed by atoms with E-state index in [-0.39, 0.29) is 5.97 Å². The molecule has 0 aliphatic heterocycles. The van der Waals surface area contributed by atoms with Gasteiger partial charge in [-0.15, -0.1) is 0 Å². The Bertz CT molecular complexity index is 907. The molecule has 132 valence electrons. The van der Waals surface area contributed by atoms with E-state index in [2.05, 4.69) is 46.6 Å². The Balaban J connectivity index is 1.96. The van der Waals surface area contributed by atoms with Gasteiger partial charge in [-0.1, -0.05) is 0 Å². The molecule has 0 saturated heterocycles. The van der Waals surface area contributed by atoms with Crippen molar-refractivity contribution in [2.45, 2.75) is 0 Å². The number of aromatic amines is 1. The Hall–Kier alpha value is -2.86. The fraction of sp³-hybridized carbons (Fsp3) is 0. The van der Waals surface area contributed by atoms with Gasteiger partial charge in [-0.05, 0) is 0 Å². The van der Waals surface area contributed by atoms with E-state index in [1.165, 1.54) is 0 Å². The van der Waals surface area contributed by atoms with Crippen LogP contribution < -0.4 is 10.7 Å². The van der Waals surface area contributed by atoms with Crippen molar-refractivity contribution in [2.24, 2.45) is 0 Å². The van der Waals surface area contributed by atoms with Crippen molar-refractivity contribution >= 4 is 35.5 Å². The summed E-state index contributed by atoms with van der Waals surface area (Å²) in [5.41, 5.74) is 0.360. The number of nitrogens with zero attached hydrogens (tertiary/aromatic N) is 1. The number of hydrogen-bond donors (Lipinski definition) is 1. The molecule has 3 aromatic carbocycles. The van der Waals surface area contributed by atoms with E-state index in [4.69, 9.17) is 3.07 Å². The van der Waals surface area contributed by atoms with Crippen molar-refractivity contribution in [3.8, 4) is 0 Å². The molecule has 4 aromatic rings. The zero-order valence-corrected chi connectivity index (χ0v) is 17.4. The molecule has 1 heterocycles. The molecule has 0 bridgehead atoms. The Morgan fingerprint density at radius 2 is 1.15 bits per heavy atom. The first-order valence-corrected chi connectivity index (χ1v) is 14.1. The molecule has 0 saturated carbocycles. The first kappa shape index (κ1) is 17.5. The summed E-state index contributed by atoms with van der Waals surface area (Å²) in [6.07, 6.45) is 1.56. The third kappa shape index (κ3) is 3.40. The van der Waals surface area contributed by atoms with Gasteiger partial charge in [0.05, 0.1) is 0 Å². The molecule has 0 spiro atoms. The van der Waals surface area contributed by atoms with Crippen molar-refractivity contribution in [3.63, 3.8) is 0 Å². The summed E-state index contributed by atoms with van der Waals surface area (Å²) in [6.45, 7) is 0. The molecule has 0 amide bonds. The fourth-order valence-corrected chi connectivity index (χ4v) is 13.9. The van der Waals surface area contributed by atoms with E-state index in [1.807, 2.05) is 54.6 Å². The SMILES string of the molecule is O=C([O][Sn]([c]1ccccc1)([c]1ccccc1)[c]1ccccc1)c1ccn[nH]1. The average Bonchev–Trinajstić information content (AvgIpc) is 3.29. The Labute approximate surface area is 162 Å². The monoisotopic (exact) mass is 462 g/mol. The molecule has 0 radical (unpaired) electrons. The number of nitrogens with one attached hydrogen (secondary N) is 1. The molecule has 27 heavy (non-hydrogen) atoms. The molecule has 0 atom stereocenters. The van der Waals surface area contributed by atoms with Crippen LogP contribution in [0.2, 0.25) is 0 Å². The van der Waals surface area contributed by atoms with Gasteiger partial charge in [0.1, 0.15) is 0 Å². The molecule has 4 rings (SSSR count). The van der Waals surface area contributed by atoms with Gasteiger partial charge in [-0.3, -0.25) is 0 Å². The molecule has 0 aliphatic carbocycles. The van der Waals surface area contributed by atoms with Gasteiger partial charge in [0, 0.05) is 0 Å². The minimum atomic E-state index is -4.05. The summed E-state index contributed by atoms with van der Waals surface area (Å²) >= 11 is -4.05. The van der Waals surface area contributed by atoms with Gasteiger partial charge < -0.3 is 0 Å². The molecule has 0 unspecified atom stereocenters. The van der Waals surface area contributed by atoms with Crippen LogP contribution in [0, 0.1) is 0 Å². The molecule has 0 aliphatic rings. The fourth-order valence-electron chi connectivity index (χ4n) is 3.26. The van der Waals surface area contributed by atoms with Gasteiger partial charge in [0.15, 0.2) is 0 Å². The maximum absolute atomic E-state index is 13.0. The number of carbonyl (C=O) groups excluding carboxylic acids is 1. The standard InChI is InChI=1S/3C6H5.C4H4N2O2.Sn/c3*1-2-4-6-5-3-1;7-4(8)3-1-2-5-6-3;/h3*1-5H;1-2H,(H,5,6)(H,7,8);/q;;;;+1/p-1. The predicted octanol–water partition coefficient (Wildman–Crippen LogP) is 2.23. The van der Waals surface area contributed by atoms with Crippen LogP contribution in [0.4, 0.5) is 0 Å². The number of rotatable bonds is 5. The third-order valence-corrected chi connectivity index (χ3v) is 15.7. The van der Waals surface area contributed by atoms with E-state index in [0.717, 1.165) is 10.7 Å². The van der Waals surface area contributed by atoms with Crippen molar-refractivity contribution in [2.75, 3.05) is 0 Å². The quantitative estimate of drug-likeness (QED) is 0.465. The molecule has 4 nitrogen and oxygen atoms in total. The van der Waals surface area contributed by atoms with Crippen LogP contribution in [0.15, 0.2) is 103 Å². The molecule has 1 aromatic heterocycles. The summed E-state index contributed by atoms with van der Waals surface area (Å²) in [4.78, 5) is 13.0. The van der Waals surface area contributed by atoms with Crippen LogP contribution in [0.25, 0.3) is 0 Å². The Kier molecular flexibility index (Phi) is 5.07. The van der Waals surface area contributed by atoms with Gasteiger partial charge >= 0.3 is 163 Å². The third-order valence-electron chi connectivity index (χ3n) is 4.51. The molecular formula is C22H18N2O2Sn. The average molecular weight is 461 g/mol. The zero-order chi connectivity index (χ0) is 18.5. The second-order valence-corrected chi connectivity index (χ2v) is 15.6. The summed E-state index contributed by atoms with van der Waals surface area (Å²) in [6, 6.07) is 32.0. The first-order valence-electron chi connectivity index (χ1n) is 8.70. The predicted molar refractivity (Wildman–Crippen MR) is 108 cm³/mol. The number of aromatic nitrogens is 2. The topological polar surface area (TPSA) is 55.0 Å². The van der Waals surface area contributed by atoms with Gasteiger partial charge in [-0.2, -0.15) is 0 Å². The van der Waals surface area contributed by atoms with E-state index in [1.54, 1.807) is 12.3 Å². The first-order chi connectivity index (χ1) is 13.3. The van der Waals surface area contributed by atoms with E-state index in [9.17, 15) is 4.79 Å². The maximum atomic E-state index is 13.0. The normalized spacial score (nSPS) is 11.1.